The Labute approximate surface area is 250 Å². The predicted octanol–water partition coefficient (Wildman–Crippen LogP) is 4.37. The van der Waals surface area contributed by atoms with Crippen LogP contribution in [0.25, 0.3) is 10.8 Å². The van der Waals surface area contributed by atoms with E-state index in [0.717, 1.165) is 72.4 Å². The summed E-state index contributed by atoms with van der Waals surface area (Å²) in [6.07, 6.45) is 3.40. The van der Waals surface area contributed by atoms with Gasteiger partial charge in [-0.25, -0.2) is 8.78 Å². The van der Waals surface area contributed by atoms with Crippen LogP contribution < -0.4 is 14.5 Å². The van der Waals surface area contributed by atoms with Gasteiger partial charge in [0.2, 0.25) is 0 Å². The minimum absolute atomic E-state index is 0.142. The predicted molar refractivity (Wildman–Crippen MR) is 160 cm³/mol. The van der Waals surface area contributed by atoms with E-state index in [0.29, 0.717) is 63.0 Å². The second-order valence-electron chi connectivity index (χ2n) is 13.4. The number of hydrogen-bond acceptors (Lipinski definition) is 8. The van der Waals surface area contributed by atoms with Gasteiger partial charge in [-0.1, -0.05) is 13.0 Å². The van der Waals surface area contributed by atoms with Crippen LogP contribution in [-0.4, -0.2) is 82.2 Å². The number of aryl methyl sites for hydroxylation is 1. The fraction of sp³-hybridized carbons (Fsp3) is 0.576. The first-order valence-electron chi connectivity index (χ1n) is 15.9. The number of aromatic nitrogens is 2. The monoisotopic (exact) mass is 591 g/mol. The lowest BCUT2D eigenvalue weighted by Crippen LogP contribution is -2.43. The summed E-state index contributed by atoms with van der Waals surface area (Å²) in [4.78, 5) is 16.6. The molecule has 8 rings (SSSR count). The fourth-order valence-corrected chi connectivity index (χ4v) is 8.68. The van der Waals surface area contributed by atoms with E-state index in [1.807, 2.05) is 6.92 Å². The van der Waals surface area contributed by atoms with Crippen molar-refractivity contribution in [1.82, 2.24) is 14.9 Å². The van der Waals surface area contributed by atoms with E-state index in [9.17, 15) is 19.0 Å². The van der Waals surface area contributed by atoms with E-state index >= 15 is 0 Å². The van der Waals surface area contributed by atoms with E-state index in [2.05, 4.69) is 14.7 Å². The Bertz CT molecular complexity index is 1590. The Kier molecular flexibility index (Phi) is 6.45. The largest absolute Gasteiger partial charge is 0.508 e. The molecule has 8 nitrogen and oxygen atoms in total. The van der Waals surface area contributed by atoms with Crippen LogP contribution in [0.1, 0.15) is 49.4 Å². The zero-order valence-electron chi connectivity index (χ0n) is 24.6. The van der Waals surface area contributed by atoms with Gasteiger partial charge in [-0.15, -0.1) is 0 Å². The SMILES string of the molecule is CCc1c(F)ccc2cc(O)cc(N3CCc4c(nc(OC[C@@]56CCCN5C[C@H](F)C6)nc4N4CC5CC(O)C5C4)C3)c12. The highest BCUT2D eigenvalue weighted by Crippen LogP contribution is 2.45. The zero-order chi connectivity index (χ0) is 29.5. The molecule has 1 saturated carbocycles. The quantitative estimate of drug-likeness (QED) is 0.437. The number of alkyl halides is 1. The number of phenols is 1. The van der Waals surface area contributed by atoms with Gasteiger partial charge in [-0.3, -0.25) is 4.90 Å². The van der Waals surface area contributed by atoms with E-state index in [1.165, 1.54) is 6.07 Å². The number of halogens is 2. The van der Waals surface area contributed by atoms with Crippen LogP contribution in [0.3, 0.4) is 0 Å². The molecular formula is C33H39F2N5O3. The van der Waals surface area contributed by atoms with Gasteiger partial charge in [0.15, 0.2) is 0 Å². The number of hydrogen-bond donors (Lipinski definition) is 2. The van der Waals surface area contributed by atoms with Gasteiger partial charge in [-0.05, 0) is 67.6 Å². The minimum Gasteiger partial charge on any atom is -0.508 e. The smallest absolute Gasteiger partial charge is 0.318 e. The van der Waals surface area contributed by atoms with Crippen molar-refractivity contribution in [3.8, 4) is 11.8 Å². The highest BCUT2D eigenvalue weighted by Gasteiger charge is 2.50. The Morgan fingerprint density at radius 2 is 2.00 bits per heavy atom. The number of phenolic OH excluding ortho intramolecular Hbond substituents is 1. The third kappa shape index (κ3) is 4.43. The summed E-state index contributed by atoms with van der Waals surface area (Å²) in [6, 6.07) is 6.92. The van der Waals surface area contributed by atoms with Crippen molar-refractivity contribution in [3.63, 3.8) is 0 Å². The summed E-state index contributed by atoms with van der Waals surface area (Å²) >= 11 is 0. The molecule has 5 heterocycles. The molecule has 0 amide bonds. The Hall–Kier alpha value is -3.24. The molecule has 2 aromatic carbocycles. The first-order valence-corrected chi connectivity index (χ1v) is 15.9. The maximum Gasteiger partial charge on any atom is 0.318 e. The first kappa shape index (κ1) is 27.3. The fourth-order valence-electron chi connectivity index (χ4n) is 8.68. The van der Waals surface area contributed by atoms with E-state index in [4.69, 9.17) is 14.7 Å². The lowest BCUT2D eigenvalue weighted by molar-refractivity contribution is -0.00399. The van der Waals surface area contributed by atoms with E-state index < -0.39 is 6.17 Å². The third-order valence-electron chi connectivity index (χ3n) is 10.9. The van der Waals surface area contributed by atoms with Crippen molar-refractivity contribution in [3.05, 3.63) is 46.9 Å². The topological polar surface area (TPSA) is 85.2 Å². The minimum atomic E-state index is -0.834. The average Bonchev–Trinajstić information content (AvgIpc) is 3.64. The molecule has 5 aliphatic rings. The number of aliphatic hydroxyl groups is 1. The number of aromatic hydroxyl groups is 1. The number of rotatable bonds is 6. The van der Waals surface area contributed by atoms with Gasteiger partial charge in [0.05, 0.1) is 23.9 Å². The summed E-state index contributed by atoms with van der Waals surface area (Å²) in [5, 5.41) is 22.6. The van der Waals surface area contributed by atoms with Crippen molar-refractivity contribution >= 4 is 22.3 Å². The second kappa shape index (κ2) is 10.2. The molecule has 5 atom stereocenters. The van der Waals surface area contributed by atoms with Gasteiger partial charge in [0.1, 0.15) is 30.2 Å². The number of benzene rings is 2. The first-order chi connectivity index (χ1) is 20.8. The number of nitrogens with zero attached hydrogens (tertiary/aromatic N) is 5. The molecule has 3 aromatic rings. The molecule has 10 heteroatoms. The van der Waals surface area contributed by atoms with Crippen molar-refractivity contribution in [1.29, 1.82) is 0 Å². The molecule has 1 aliphatic carbocycles. The maximum absolute atomic E-state index is 14.9. The number of fused-ring (bicyclic) bond motifs is 4. The summed E-state index contributed by atoms with van der Waals surface area (Å²) < 4.78 is 35.7. The van der Waals surface area contributed by atoms with Gasteiger partial charge < -0.3 is 24.7 Å². The highest BCUT2D eigenvalue weighted by atomic mass is 19.1. The molecule has 3 unspecified atom stereocenters. The van der Waals surface area contributed by atoms with Crippen LogP contribution in [0.15, 0.2) is 24.3 Å². The van der Waals surface area contributed by atoms with Gasteiger partial charge in [0, 0.05) is 61.2 Å². The normalized spacial score (nSPS) is 30.0. The summed E-state index contributed by atoms with van der Waals surface area (Å²) in [6.45, 7) is 6.41. The average molecular weight is 592 g/mol. The molecule has 4 fully saturated rings. The lowest BCUT2D eigenvalue weighted by atomic mass is 9.74. The highest BCUT2D eigenvalue weighted by molar-refractivity contribution is 5.98. The molecule has 4 aliphatic heterocycles. The third-order valence-corrected chi connectivity index (χ3v) is 10.9. The second-order valence-corrected chi connectivity index (χ2v) is 13.4. The van der Waals surface area contributed by atoms with E-state index in [1.54, 1.807) is 18.2 Å². The molecule has 43 heavy (non-hydrogen) atoms. The van der Waals surface area contributed by atoms with Crippen molar-refractivity contribution < 1.29 is 23.7 Å². The Morgan fingerprint density at radius 3 is 2.81 bits per heavy atom. The molecular weight excluding hydrogens is 552 g/mol. The van der Waals surface area contributed by atoms with Crippen LogP contribution in [0, 0.1) is 17.7 Å². The van der Waals surface area contributed by atoms with Gasteiger partial charge in [-0.2, -0.15) is 9.97 Å². The summed E-state index contributed by atoms with van der Waals surface area (Å²) in [7, 11) is 0. The number of anilines is 2. The Morgan fingerprint density at radius 1 is 1.12 bits per heavy atom. The molecule has 0 spiro atoms. The molecule has 0 bridgehead atoms. The van der Waals surface area contributed by atoms with E-state index in [-0.39, 0.29) is 29.1 Å². The number of aliphatic hydroxyl groups excluding tert-OH is 1. The zero-order valence-corrected chi connectivity index (χ0v) is 24.6. The van der Waals surface area contributed by atoms with Crippen LogP contribution >= 0.6 is 0 Å². The maximum atomic E-state index is 14.9. The summed E-state index contributed by atoms with van der Waals surface area (Å²) in [5.41, 5.74) is 3.06. The van der Waals surface area contributed by atoms with Crippen molar-refractivity contribution in [2.45, 2.75) is 69.8 Å². The van der Waals surface area contributed by atoms with Gasteiger partial charge in [0.25, 0.3) is 0 Å². The molecule has 228 valence electrons. The Balaban J connectivity index is 1.16. The van der Waals surface area contributed by atoms with Crippen molar-refractivity contribution in [2.24, 2.45) is 11.8 Å². The summed E-state index contributed by atoms with van der Waals surface area (Å²) in [5.74, 6) is 1.51. The van der Waals surface area contributed by atoms with Crippen LogP contribution in [0.2, 0.25) is 0 Å². The van der Waals surface area contributed by atoms with Crippen LogP contribution in [-0.2, 0) is 19.4 Å². The van der Waals surface area contributed by atoms with Crippen LogP contribution in [0.4, 0.5) is 20.3 Å². The standard InChI is InChI=1S/C33H39F2N5O3/c1-2-23-26(35)5-4-19-10-22(41)12-28(30(19)23)38-9-6-24-27(17-38)36-32(37-31(24)39-14-20-11-29(42)25(20)16-39)43-18-33-7-3-8-40(33)15-21(34)13-33/h4-5,10,12,20-21,25,29,41-42H,2-3,6-9,11,13-18H2,1H3/t20?,21-,25?,29?,33+/m1/s1. The lowest BCUT2D eigenvalue weighted by Gasteiger charge is -2.34. The molecule has 3 saturated heterocycles. The molecule has 1 aromatic heterocycles. The molecule has 2 N–H and O–H groups in total. The van der Waals surface area contributed by atoms with Crippen LogP contribution in [0.5, 0.6) is 11.8 Å². The number of ether oxygens (including phenoxy) is 1. The van der Waals surface area contributed by atoms with Gasteiger partial charge >= 0.3 is 6.01 Å². The molecule has 0 radical (unpaired) electrons. The van der Waals surface area contributed by atoms with Crippen molar-refractivity contribution in [2.75, 3.05) is 49.1 Å².